The van der Waals surface area contributed by atoms with Gasteiger partial charge in [0.2, 0.25) is 12.1 Å². The van der Waals surface area contributed by atoms with Crippen LogP contribution < -0.4 is 11.3 Å². The number of aromatic amines is 1. The van der Waals surface area contributed by atoms with E-state index < -0.39 is 48.5 Å². The number of carbonyl (C=O) groups is 2. The molecule has 0 amide bonds. The molecule has 40 heavy (non-hydrogen) atoms. The zero-order valence-electron chi connectivity index (χ0n) is 21.7. The highest BCUT2D eigenvalue weighted by Crippen LogP contribution is 2.43. The van der Waals surface area contributed by atoms with Gasteiger partial charge in [0.05, 0.1) is 17.5 Å². The number of benzene rings is 2. The normalized spacial score (nSPS) is 22.4. The highest BCUT2D eigenvalue weighted by Gasteiger charge is 2.62. The number of nitrogens with zero attached hydrogens (tertiary/aromatic N) is 3. The number of fused-ring (bicyclic) bond motifs is 1. The minimum absolute atomic E-state index is 0.0590. The van der Waals surface area contributed by atoms with Gasteiger partial charge in [-0.05, 0) is 44.5 Å². The summed E-state index contributed by atoms with van der Waals surface area (Å²) in [6, 6.07) is 11.1. The lowest BCUT2D eigenvalue weighted by Gasteiger charge is -2.30. The van der Waals surface area contributed by atoms with Gasteiger partial charge in [0.15, 0.2) is 30.2 Å². The molecule has 208 valence electrons. The van der Waals surface area contributed by atoms with E-state index in [4.69, 9.17) is 19.9 Å². The Hall–Kier alpha value is -4.65. The molecule has 3 heterocycles. The summed E-state index contributed by atoms with van der Waals surface area (Å²) in [4.78, 5) is 48.7. The Morgan fingerprint density at radius 1 is 1.12 bits per heavy atom. The van der Waals surface area contributed by atoms with E-state index in [0.717, 1.165) is 22.0 Å². The van der Waals surface area contributed by atoms with Crippen molar-refractivity contribution < 1.29 is 32.6 Å². The third-order valence-corrected chi connectivity index (χ3v) is 6.61. The monoisotopic (exact) mass is 553 g/mol. The number of aryl methyl sites for hydroxylation is 3. The fraction of sp³-hybridized carbons (Fsp3) is 0.296. The summed E-state index contributed by atoms with van der Waals surface area (Å²) in [7, 11) is 0. The maximum atomic E-state index is 16.2. The molecule has 4 atom stereocenters. The van der Waals surface area contributed by atoms with Crippen LogP contribution >= 0.6 is 0 Å². The van der Waals surface area contributed by atoms with Gasteiger partial charge in [0.25, 0.3) is 11.3 Å². The highest BCUT2D eigenvalue weighted by atomic mass is 19.1. The zero-order valence-corrected chi connectivity index (χ0v) is 21.7. The van der Waals surface area contributed by atoms with Crippen molar-refractivity contribution in [3.63, 3.8) is 0 Å². The summed E-state index contributed by atoms with van der Waals surface area (Å²) in [5, 5.41) is 0. The fourth-order valence-corrected chi connectivity index (χ4v) is 4.57. The molecule has 1 aliphatic heterocycles. The number of halogens is 2. The van der Waals surface area contributed by atoms with E-state index in [2.05, 4.69) is 15.0 Å². The molecule has 0 aliphatic carbocycles. The Morgan fingerprint density at radius 2 is 1.82 bits per heavy atom. The first-order valence-corrected chi connectivity index (χ1v) is 12.2. The Bertz CT molecular complexity index is 1670. The van der Waals surface area contributed by atoms with Crippen molar-refractivity contribution in [2.24, 2.45) is 0 Å². The van der Waals surface area contributed by atoms with E-state index in [1.807, 2.05) is 13.8 Å². The highest BCUT2D eigenvalue weighted by molar-refractivity contribution is 5.92. The molecule has 5 rings (SSSR count). The molecule has 0 radical (unpaired) electrons. The van der Waals surface area contributed by atoms with Gasteiger partial charge in [-0.1, -0.05) is 35.4 Å². The minimum atomic E-state index is -2.69. The third kappa shape index (κ3) is 4.68. The minimum Gasteiger partial charge on any atom is -0.448 e. The van der Waals surface area contributed by atoms with Crippen LogP contribution in [0.25, 0.3) is 11.2 Å². The average Bonchev–Trinajstić information content (AvgIpc) is 3.44. The number of esters is 2. The maximum absolute atomic E-state index is 16.2. The van der Waals surface area contributed by atoms with E-state index in [9.17, 15) is 18.8 Å². The molecule has 0 saturated carbocycles. The molecule has 2 aromatic heterocycles. The van der Waals surface area contributed by atoms with Crippen molar-refractivity contribution in [2.75, 3.05) is 12.4 Å². The molecule has 13 heteroatoms. The molecule has 0 bridgehead atoms. The van der Waals surface area contributed by atoms with E-state index in [1.165, 1.54) is 18.2 Å². The SMILES string of the molecule is Cc1ccc(C(=O)O[C@H]2[C@H](F)[C@H](n3cnc4c(=O)[nH]c(N)nc43)O[C@@]2(CF)OC(=O)c2ccc(C)cc2C)cc1. The summed E-state index contributed by atoms with van der Waals surface area (Å²) >= 11 is 0. The van der Waals surface area contributed by atoms with Crippen LogP contribution in [-0.4, -0.2) is 56.2 Å². The Balaban J connectivity index is 1.56. The number of hydrogen-bond donors (Lipinski definition) is 2. The number of nitrogens with two attached hydrogens (primary N) is 1. The van der Waals surface area contributed by atoms with Crippen molar-refractivity contribution in [3.05, 3.63) is 87.0 Å². The van der Waals surface area contributed by atoms with Gasteiger partial charge in [-0.15, -0.1) is 0 Å². The number of hydrogen-bond acceptors (Lipinski definition) is 9. The number of nitrogen functional groups attached to an aromatic ring is 1. The first kappa shape index (κ1) is 26.9. The number of imidazole rings is 1. The number of H-pyrrole nitrogens is 1. The van der Waals surface area contributed by atoms with Gasteiger partial charge in [-0.3, -0.25) is 14.3 Å². The number of ether oxygens (including phenoxy) is 3. The first-order valence-electron chi connectivity index (χ1n) is 12.2. The molecule has 3 N–H and O–H groups in total. The van der Waals surface area contributed by atoms with Crippen LogP contribution in [0.1, 0.15) is 43.6 Å². The van der Waals surface area contributed by atoms with Gasteiger partial charge >= 0.3 is 11.9 Å². The van der Waals surface area contributed by atoms with Gasteiger partial charge in [0.1, 0.15) is 0 Å². The molecular formula is C27H25F2N5O6. The summed E-state index contributed by atoms with van der Waals surface area (Å²) in [5.41, 5.74) is 6.98. The topological polar surface area (TPSA) is 151 Å². The Kier molecular flexibility index (Phi) is 6.84. The molecule has 1 fully saturated rings. The second kappa shape index (κ2) is 10.2. The lowest BCUT2D eigenvalue weighted by Crippen LogP contribution is -2.50. The smallest absolute Gasteiger partial charge is 0.341 e. The number of rotatable bonds is 6. The van der Waals surface area contributed by atoms with Crippen molar-refractivity contribution in [1.29, 1.82) is 0 Å². The van der Waals surface area contributed by atoms with Crippen molar-refractivity contribution in [3.8, 4) is 0 Å². The maximum Gasteiger partial charge on any atom is 0.341 e. The lowest BCUT2D eigenvalue weighted by molar-refractivity contribution is -0.243. The largest absolute Gasteiger partial charge is 0.448 e. The van der Waals surface area contributed by atoms with Crippen LogP contribution in [0.3, 0.4) is 0 Å². The first-order chi connectivity index (χ1) is 19.0. The molecule has 0 spiro atoms. The average molecular weight is 554 g/mol. The number of alkyl halides is 2. The molecular weight excluding hydrogens is 528 g/mol. The van der Waals surface area contributed by atoms with Crippen LogP contribution in [0.4, 0.5) is 14.7 Å². The fourth-order valence-electron chi connectivity index (χ4n) is 4.57. The van der Waals surface area contributed by atoms with Crippen LogP contribution in [0.15, 0.2) is 53.6 Å². The molecule has 1 aliphatic rings. The van der Waals surface area contributed by atoms with Crippen molar-refractivity contribution in [2.45, 2.75) is 45.1 Å². The predicted octanol–water partition coefficient (Wildman–Crippen LogP) is 3.24. The molecule has 2 aromatic carbocycles. The summed E-state index contributed by atoms with van der Waals surface area (Å²) in [6.07, 6.45) is -5.07. The van der Waals surface area contributed by atoms with E-state index in [-0.39, 0.29) is 28.2 Å². The van der Waals surface area contributed by atoms with E-state index in [1.54, 1.807) is 31.2 Å². The van der Waals surface area contributed by atoms with Crippen molar-refractivity contribution in [1.82, 2.24) is 19.5 Å². The van der Waals surface area contributed by atoms with Crippen LogP contribution in [0.2, 0.25) is 0 Å². The second-order valence-corrected chi connectivity index (χ2v) is 9.57. The molecule has 4 aromatic rings. The van der Waals surface area contributed by atoms with Crippen molar-refractivity contribution >= 4 is 29.1 Å². The van der Waals surface area contributed by atoms with Gasteiger partial charge in [-0.25, -0.2) is 23.4 Å². The second-order valence-electron chi connectivity index (χ2n) is 9.57. The molecule has 1 saturated heterocycles. The van der Waals surface area contributed by atoms with E-state index in [0.29, 0.717) is 5.56 Å². The number of carbonyl (C=O) groups excluding carboxylic acids is 2. The molecule has 0 unspecified atom stereocenters. The summed E-state index contributed by atoms with van der Waals surface area (Å²) < 4.78 is 48.7. The standard InChI is InChI=1S/C27H25F2N5O6/c1-13-4-7-16(8-5-13)24(36)38-20-18(29)23(34-12-31-19-21(34)32-26(30)33-22(19)35)39-27(20,11-28)40-25(37)17-9-6-14(2)10-15(17)3/h4-10,12,18,20,23H,11H2,1-3H3,(H3,30,32,33,35)/t18-,20-,23+,27-/m0/s1. The number of aromatic nitrogens is 4. The number of anilines is 1. The van der Waals surface area contributed by atoms with Crippen LogP contribution in [0.5, 0.6) is 0 Å². The summed E-state index contributed by atoms with van der Waals surface area (Å²) in [6.45, 7) is 3.72. The van der Waals surface area contributed by atoms with Gasteiger partial charge in [0, 0.05) is 0 Å². The third-order valence-electron chi connectivity index (χ3n) is 6.61. The number of nitrogens with one attached hydrogen (secondary N) is 1. The van der Waals surface area contributed by atoms with E-state index >= 15 is 4.39 Å². The lowest BCUT2D eigenvalue weighted by atomic mass is 10.0. The van der Waals surface area contributed by atoms with Gasteiger partial charge < -0.3 is 19.9 Å². The molecule has 11 nitrogen and oxygen atoms in total. The zero-order chi connectivity index (χ0) is 28.8. The van der Waals surface area contributed by atoms with Crippen LogP contribution in [0, 0.1) is 20.8 Å². The quantitative estimate of drug-likeness (QED) is 0.343. The Labute approximate surface area is 225 Å². The van der Waals surface area contributed by atoms with Gasteiger partial charge in [-0.2, -0.15) is 4.98 Å². The predicted molar refractivity (Wildman–Crippen MR) is 138 cm³/mol. The Morgan fingerprint density at radius 3 is 2.50 bits per heavy atom. The van der Waals surface area contributed by atoms with Crippen LogP contribution in [-0.2, 0) is 14.2 Å². The summed E-state index contributed by atoms with van der Waals surface area (Å²) in [5.74, 6) is -4.99.